The van der Waals surface area contributed by atoms with Gasteiger partial charge in [-0.1, -0.05) is 18.2 Å². The van der Waals surface area contributed by atoms with Gasteiger partial charge in [0.1, 0.15) is 57.2 Å². The Hall–Kier alpha value is -15.0. The van der Waals surface area contributed by atoms with E-state index < -0.39 is 59.1 Å². The number of rotatable bonds is 33. The van der Waals surface area contributed by atoms with Crippen molar-refractivity contribution >= 4 is 128 Å². The van der Waals surface area contributed by atoms with Crippen LogP contribution in [-0.2, 0) is 66.0 Å². The Bertz CT molecular complexity index is 5800. The summed E-state index contributed by atoms with van der Waals surface area (Å²) in [6.07, 6.45) is 15.6. The van der Waals surface area contributed by atoms with E-state index in [0.29, 0.717) is 94.3 Å². The predicted octanol–water partition coefficient (Wildman–Crippen LogP) is 7.18. The molecule has 9 heterocycles. The predicted molar refractivity (Wildman–Crippen MR) is 448 cm³/mol. The number of benzene rings is 3. The van der Waals surface area contributed by atoms with Gasteiger partial charge in [0.2, 0.25) is 17.6 Å². The Morgan fingerprint density at radius 2 is 0.825 bits per heavy atom. The van der Waals surface area contributed by atoms with Gasteiger partial charge in [0.25, 0.3) is 47.3 Å². The molecule has 15 N–H and O–H groups in total. The van der Waals surface area contributed by atoms with Crippen LogP contribution in [0.3, 0.4) is 0 Å². The molecule has 1 aliphatic rings. The average Bonchev–Trinajstić information content (AvgIpc) is 1.43. The number of imidazole rings is 2. The van der Waals surface area contributed by atoms with E-state index in [0.717, 1.165) is 6.42 Å². The monoisotopic (exact) mass is 1660 g/mol. The van der Waals surface area contributed by atoms with E-state index in [-0.39, 0.29) is 124 Å². The number of carbonyl (C=O) groups is 11. The number of aromatic carboxylic acids is 1. The van der Waals surface area contributed by atoms with Gasteiger partial charge in [0.05, 0.1) is 39.7 Å². The van der Waals surface area contributed by atoms with Gasteiger partial charge in [-0.25, -0.2) is 14.8 Å². The van der Waals surface area contributed by atoms with Gasteiger partial charge in [0, 0.05) is 186 Å². The van der Waals surface area contributed by atoms with E-state index in [2.05, 4.69) is 78.7 Å². The summed E-state index contributed by atoms with van der Waals surface area (Å²) in [5.41, 5.74) is 5.26. The molecule has 38 nitrogen and oxygen atoms in total. The number of hydrogen-bond donors (Lipinski definition) is 15. The second-order valence-corrected chi connectivity index (χ2v) is 29.1. The highest BCUT2D eigenvalue weighted by Crippen LogP contribution is 2.50. The maximum Gasteiger partial charge on any atom is 0.336 e. The van der Waals surface area contributed by atoms with Crippen LogP contribution in [0.15, 0.2) is 147 Å². The van der Waals surface area contributed by atoms with Crippen LogP contribution in [0.1, 0.15) is 149 Å². The summed E-state index contributed by atoms with van der Waals surface area (Å²) in [6, 6.07) is 23.1. The molecule has 12 rings (SSSR count). The van der Waals surface area contributed by atoms with Crippen LogP contribution < -0.4 is 68.5 Å². The third-order valence-corrected chi connectivity index (χ3v) is 19.8. The number of phenols is 2. The molecule has 0 fully saturated rings. The first-order chi connectivity index (χ1) is 57.3. The average molecular weight is 1660 g/mol. The first kappa shape index (κ1) is 84.4. The highest BCUT2D eigenvalue weighted by Gasteiger charge is 2.33. The van der Waals surface area contributed by atoms with Crippen molar-refractivity contribution < 1.29 is 72.8 Å². The van der Waals surface area contributed by atoms with Gasteiger partial charge < -0.3 is 125 Å². The van der Waals surface area contributed by atoms with E-state index in [1.807, 2.05) is 7.05 Å². The molecule has 0 radical (unpaired) electrons. The first-order valence-corrected chi connectivity index (χ1v) is 38.1. The van der Waals surface area contributed by atoms with Gasteiger partial charge in [0.15, 0.2) is 16.8 Å². The number of aromatic hydroxyl groups is 2. The first-order valence-electron chi connectivity index (χ1n) is 37.7. The number of carboxylic acid groups (broad SMARTS) is 1. The molecule has 1 aliphatic heterocycles. The van der Waals surface area contributed by atoms with E-state index in [9.17, 15) is 68.1 Å². The minimum atomic E-state index is -1.16. The van der Waals surface area contributed by atoms with Gasteiger partial charge in [-0.2, -0.15) is 0 Å². The Morgan fingerprint density at radius 1 is 0.408 bits per heavy atom. The zero-order valence-electron chi connectivity index (χ0n) is 66.8. The van der Waals surface area contributed by atoms with Crippen molar-refractivity contribution in [2.45, 2.75) is 38.0 Å². The Kier molecular flexibility index (Phi) is 25.9. The molecule has 0 saturated heterocycles. The molecule has 10 amide bonds. The number of aryl methyl sites for hydroxylation is 8. The van der Waals surface area contributed by atoms with E-state index in [4.69, 9.17) is 17.0 Å². The van der Waals surface area contributed by atoms with E-state index in [1.165, 1.54) is 122 Å². The maximum atomic E-state index is 13.7. The summed E-state index contributed by atoms with van der Waals surface area (Å²) in [7, 11) is 15.0. The van der Waals surface area contributed by atoms with Gasteiger partial charge in [-0.15, -0.1) is 0 Å². The summed E-state index contributed by atoms with van der Waals surface area (Å²) >= 11 is 5.55. The van der Waals surface area contributed by atoms with Crippen molar-refractivity contribution in [1.29, 1.82) is 0 Å². The molecule has 0 bridgehead atoms. The van der Waals surface area contributed by atoms with Crippen LogP contribution in [0.25, 0.3) is 0 Å². The van der Waals surface area contributed by atoms with Crippen LogP contribution in [0, 0.1) is 0 Å². The number of nitrogens with one attached hydrogen (secondary N) is 12. The molecule has 0 unspecified atom stereocenters. The number of ether oxygens (including phenoxy) is 1. The van der Waals surface area contributed by atoms with Crippen molar-refractivity contribution in [3.8, 4) is 23.0 Å². The fourth-order valence-electron chi connectivity index (χ4n) is 13.7. The quantitative estimate of drug-likeness (QED) is 0.0143. The topological polar surface area (TPSA) is 471 Å². The number of phenolic OH excluding ortho intramolecular Hbond substituents is 2. The van der Waals surface area contributed by atoms with Gasteiger partial charge in [-0.3, -0.25) is 47.9 Å². The molecule has 0 saturated carbocycles. The largest absolute Gasteiger partial charge is 0.508 e. The van der Waals surface area contributed by atoms with Crippen molar-refractivity contribution in [3.63, 3.8) is 0 Å². The summed E-state index contributed by atoms with van der Waals surface area (Å²) in [5.74, 6) is -5.65. The number of thiocarbonyl (C=S) groups is 1. The lowest BCUT2D eigenvalue weighted by Crippen LogP contribution is -2.33. The minimum Gasteiger partial charge on any atom is -0.508 e. The van der Waals surface area contributed by atoms with Crippen molar-refractivity contribution in [1.82, 2.24) is 72.7 Å². The van der Waals surface area contributed by atoms with Crippen molar-refractivity contribution in [2.24, 2.45) is 56.4 Å². The summed E-state index contributed by atoms with van der Waals surface area (Å²) in [5, 5.41) is 64.9. The van der Waals surface area contributed by atoms with Gasteiger partial charge in [-0.05, 0) is 118 Å². The number of carbonyl (C=O) groups excluding carboxylic acids is 10. The van der Waals surface area contributed by atoms with Crippen LogP contribution in [0.5, 0.6) is 23.0 Å². The molecule has 0 aliphatic carbocycles. The third kappa shape index (κ3) is 20.4. The Balaban J connectivity index is 0.513. The molecule has 3 aromatic carbocycles. The van der Waals surface area contributed by atoms with Crippen LogP contribution in [-0.4, -0.2) is 183 Å². The summed E-state index contributed by atoms with van der Waals surface area (Å²) in [6.45, 7) is 2.52. The lowest BCUT2D eigenvalue weighted by molar-refractivity contribution is -0.121. The number of hydrogen-bond acceptors (Lipinski definition) is 18. The van der Waals surface area contributed by atoms with Crippen molar-refractivity contribution in [3.05, 3.63) is 215 Å². The normalized spacial score (nSPS) is 11.5. The highest BCUT2D eigenvalue weighted by molar-refractivity contribution is 7.80. The lowest BCUT2D eigenvalue weighted by atomic mass is 9.80. The van der Waals surface area contributed by atoms with Crippen LogP contribution in [0.4, 0.5) is 45.6 Å². The molecule has 0 atom stereocenters. The molecule has 624 valence electrons. The molecule has 0 spiro atoms. The minimum absolute atomic E-state index is 0.0113. The van der Waals surface area contributed by atoms with E-state index in [1.54, 1.807) is 118 Å². The number of anilines is 8. The van der Waals surface area contributed by atoms with Gasteiger partial charge >= 0.3 is 5.97 Å². The second kappa shape index (κ2) is 36.9. The number of aromatic nitrogens is 10. The number of fused-ring (bicyclic) bond motifs is 2. The molecule has 11 aromatic rings. The zero-order chi connectivity index (χ0) is 85.9. The van der Waals surface area contributed by atoms with Crippen LogP contribution in [0.2, 0.25) is 0 Å². The number of nitrogens with zero attached hydrogens (tertiary/aromatic N) is 11. The fourth-order valence-corrected chi connectivity index (χ4v) is 13.9. The summed E-state index contributed by atoms with van der Waals surface area (Å²) < 4.78 is 18.1. The number of carboxylic acids is 1. The maximum absolute atomic E-state index is 13.7. The molecule has 120 heavy (non-hydrogen) atoms. The smallest absolute Gasteiger partial charge is 0.336 e. The third-order valence-electron chi connectivity index (χ3n) is 19.6. The Morgan fingerprint density at radius 3 is 1.28 bits per heavy atom. The standard InChI is InChI=1S/C81H89N23O15S/c1-96(27-12-23-86-81(120)93-45-14-17-54(57(29-45)80(117)118)69-55-18-15-52(105)36-64(55)119-65-37-53(106)16-19-56(65)69)26-11-22-82-67(107)20-24-85-73(110)59-32-48(40-99(59)4)89-75(112)61-34-50(42-101(61)6)91-76(113)62-33-49(41-102(62)7)90-74(111)60-30-46(38-100(60)5)87-68(108)13-10-21-84-72(109)58-31-47(39-98(58)3)88-77(114)63-35-51(43-103(63)8)92-79(116)71-94-66(44-104(71)9)95-78(115)70-83-25-28-97(70)2/h14-19,25,28-44,69,105-106H,10-13,20-24,26-27H2,1-9H3,(H,82,107)(H,84,109)(H,85,110)(H,87,108)(H,88,114)(H,89,112)(H,90,111)(H,91,113)(H,92,116)(H,95,115)(H,117,118)(H2,86,93,120). The fraction of sp³-hybridized carbons (Fsp3) is 0.259. The lowest BCUT2D eigenvalue weighted by Gasteiger charge is -2.30. The van der Waals surface area contributed by atoms with E-state index >= 15 is 0 Å². The van der Waals surface area contributed by atoms with Crippen molar-refractivity contribution in [2.75, 3.05) is 88.9 Å². The SMILES string of the molecule is CN(CCCNC(=O)CCNC(=O)c1cc(NC(=O)c2cc(NC(=O)c3cc(NC(=O)c4cc(NC(=O)CCCNC(=O)c5cc(NC(=O)c6cc(NC(=O)c7nc(NC(=O)c8nccn8C)cn7C)cn6C)cn5C)cn4C)cn3C)cn2C)cn1C)CCCNC(=S)Nc1ccc(C2c3ccc(O)cc3Oc3cc(O)ccc32)c(C(=O)O)c1. The molecular weight excluding hydrogens is 1570 g/mol. The molecule has 39 heteroatoms. The highest BCUT2D eigenvalue weighted by atomic mass is 32.1. The zero-order valence-corrected chi connectivity index (χ0v) is 67.6. The van der Waals surface area contributed by atoms with Crippen LogP contribution >= 0.6 is 12.2 Å². The molecule has 8 aromatic heterocycles. The second-order valence-electron chi connectivity index (χ2n) is 28.7. The number of amides is 10. The molecular formula is C81H89N23O15S. The summed E-state index contributed by atoms with van der Waals surface area (Å²) in [4.78, 5) is 156. The Labute approximate surface area is 691 Å².